The van der Waals surface area contributed by atoms with Crippen LogP contribution in [0.5, 0.6) is 0 Å². The number of ketones is 1. The number of amides is 1. The van der Waals surface area contributed by atoms with Crippen LogP contribution in [-0.2, 0) is 4.79 Å². The SMILES string of the molecule is CC(=O)c1cccc(NC(=O)CC(O)c2cccc(F)c2)c1. The molecule has 22 heavy (non-hydrogen) atoms. The number of hydrogen-bond acceptors (Lipinski definition) is 3. The topological polar surface area (TPSA) is 66.4 Å². The lowest BCUT2D eigenvalue weighted by Crippen LogP contribution is -2.15. The van der Waals surface area contributed by atoms with Crippen molar-refractivity contribution in [3.63, 3.8) is 0 Å². The normalized spacial score (nSPS) is 11.8. The number of anilines is 1. The van der Waals surface area contributed by atoms with Gasteiger partial charge in [0, 0.05) is 11.3 Å². The second kappa shape index (κ2) is 6.95. The van der Waals surface area contributed by atoms with Crippen molar-refractivity contribution in [3.05, 3.63) is 65.5 Å². The van der Waals surface area contributed by atoms with Gasteiger partial charge in [-0.1, -0.05) is 24.3 Å². The molecule has 0 fully saturated rings. The molecule has 0 aromatic heterocycles. The molecule has 2 rings (SSSR count). The monoisotopic (exact) mass is 301 g/mol. The van der Waals surface area contributed by atoms with Gasteiger partial charge in [0.2, 0.25) is 5.91 Å². The van der Waals surface area contributed by atoms with Gasteiger partial charge in [0.05, 0.1) is 12.5 Å². The molecule has 2 aromatic carbocycles. The maximum Gasteiger partial charge on any atom is 0.227 e. The molecular formula is C17H16FNO3. The van der Waals surface area contributed by atoms with Crippen LogP contribution in [0.2, 0.25) is 0 Å². The van der Waals surface area contributed by atoms with E-state index in [1.807, 2.05) is 0 Å². The Balaban J connectivity index is 2.01. The predicted molar refractivity (Wildman–Crippen MR) is 81.1 cm³/mol. The molecule has 0 saturated carbocycles. The highest BCUT2D eigenvalue weighted by atomic mass is 19.1. The number of aliphatic hydroxyl groups excluding tert-OH is 1. The van der Waals surface area contributed by atoms with E-state index in [0.717, 1.165) is 0 Å². The maximum absolute atomic E-state index is 13.1. The molecule has 0 bridgehead atoms. The summed E-state index contributed by atoms with van der Waals surface area (Å²) in [6, 6.07) is 12.0. The standard InChI is InChI=1S/C17H16FNO3/c1-11(20)12-4-3-7-15(9-12)19-17(22)10-16(21)13-5-2-6-14(18)8-13/h2-9,16,21H,10H2,1H3,(H,19,22). The van der Waals surface area contributed by atoms with Crippen LogP contribution in [0.25, 0.3) is 0 Å². The molecule has 114 valence electrons. The third-order valence-corrected chi connectivity index (χ3v) is 3.17. The van der Waals surface area contributed by atoms with E-state index in [2.05, 4.69) is 5.32 Å². The quantitative estimate of drug-likeness (QED) is 0.834. The lowest BCUT2D eigenvalue weighted by molar-refractivity contribution is -0.118. The zero-order chi connectivity index (χ0) is 16.1. The fourth-order valence-corrected chi connectivity index (χ4v) is 2.04. The Labute approximate surface area is 127 Å². The number of carbonyl (C=O) groups is 2. The number of halogens is 1. The summed E-state index contributed by atoms with van der Waals surface area (Å²) in [5, 5.41) is 12.6. The van der Waals surface area contributed by atoms with E-state index < -0.39 is 17.8 Å². The smallest absolute Gasteiger partial charge is 0.227 e. The van der Waals surface area contributed by atoms with Crippen molar-refractivity contribution in [1.29, 1.82) is 0 Å². The number of nitrogens with one attached hydrogen (secondary N) is 1. The molecule has 1 amide bonds. The Kier molecular flexibility index (Phi) is 5.01. The minimum atomic E-state index is -1.09. The highest BCUT2D eigenvalue weighted by Crippen LogP contribution is 2.19. The molecule has 0 aliphatic carbocycles. The maximum atomic E-state index is 13.1. The van der Waals surface area contributed by atoms with Crippen LogP contribution in [-0.4, -0.2) is 16.8 Å². The molecule has 1 atom stereocenters. The molecule has 0 aliphatic heterocycles. The molecule has 0 radical (unpaired) electrons. The second-order valence-corrected chi connectivity index (χ2v) is 4.96. The first-order valence-corrected chi connectivity index (χ1v) is 6.80. The Morgan fingerprint density at radius 2 is 1.91 bits per heavy atom. The highest BCUT2D eigenvalue weighted by molar-refractivity contribution is 5.97. The first-order valence-electron chi connectivity index (χ1n) is 6.80. The van der Waals surface area contributed by atoms with Gasteiger partial charge in [-0.05, 0) is 36.8 Å². The van der Waals surface area contributed by atoms with Crippen molar-refractivity contribution in [2.75, 3.05) is 5.32 Å². The predicted octanol–water partition coefficient (Wildman–Crippen LogP) is 3.09. The van der Waals surface area contributed by atoms with Crippen molar-refractivity contribution in [2.45, 2.75) is 19.4 Å². The van der Waals surface area contributed by atoms with Crippen LogP contribution in [0.1, 0.15) is 35.4 Å². The molecular weight excluding hydrogens is 285 g/mol. The van der Waals surface area contributed by atoms with Crippen molar-refractivity contribution in [1.82, 2.24) is 0 Å². The number of hydrogen-bond donors (Lipinski definition) is 2. The van der Waals surface area contributed by atoms with Crippen LogP contribution in [0.4, 0.5) is 10.1 Å². The van der Waals surface area contributed by atoms with Crippen molar-refractivity contribution in [3.8, 4) is 0 Å². The molecule has 0 aliphatic rings. The Morgan fingerprint density at radius 1 is 1.18 bits per heavy atom. The largest absolute Gasteiger partial charge is 0.388 e. The Hall–Kier alpha value is -2.53. The van der Waals surface area contributed by atoms with E-state index in [1.54, 1.807) is 30.3 Å². The summed E-state index contributed by atoms with van der Waals surface area (Å²) >= 11 is 0. The first kappa shape index (κ1) is 15.9. The third kappa shape index (κ3) is 4.23. The summed E-state index contributed by atoms with van der Waals surface area (Å²) in [6.07, 6.45) is -1.29. The zero-order valence-electron chi connectivity index (χ0n) is 12.0. The van der Waals surface area contributed by atoms with Gasteiger partial charge in [-0.2, -0.15) is 0 Å². The van der Waals surface area contributed by atoms with Crippen LogP contribution in [0, 0.1) is 5.82 Å². The van der Waals surface area contributed by atoms with Gasteiger partial charge in [-0.3, -0.25) is 9.59 Å². The lowest BCUT2D eigenvalue weighted by Gasteiger charge is -2.12. The van der Waals surface area contributed by atoms with Crippen LogP contribution in [0.15, 0.2) is 48.5 Å². The van der Waals surface area contributed by atoms with Gasteiger partial charge in [-0.25, -0.2) is 4.39 Å². The summed E-state index contributed by atoms with van der Waals surface area (Å²) in [6.45, 7) is 1.44. The van der Waals surface area contributed by atoms with Gasteiger partial charge < -0.3 is 10.4 Å². The highest BCUT2D eigenvalue weighted by Gasteiger charge is 2.14. The van der Waals surface area contributed by atoms with Gasteiger partial charge in [-0.15, -0.1) is 0 Å². The summed E-state index contributed by atoms with van der Waals surface area (Å²) in [7, 11) is 0. The van der Waals surface area contributed by atoms with Crippen LogP contribution in [0.3, 0.4) is 0 Å². The number of carbonyl (C=O) groups excluding carboxylic acids is 2. The summed E-state index contributed by atoms with van der Waals surface area (Å²) in [5.74, 6) is -0.987. The van der Waals surface area contributed by atoms with E-state index in [-0.39, 0.29) is 12.2 Å². The van der Waals surface area contributed by atoms with E-state index in [0.29, 0.717) is 16.8 Å². The Morgan fingerprint density at radius 3 is 2.59 bits per heavy atom. The number of benzene rings is 2. The van der Waals surface area contributed by atoms with E-state index in [1.165, 1.54) is 25.1 Å². The van der Waals surface area contributed by atoms with Crippen LogP contribution >= 0.6 is 0 Å². The summed E-state index contributed by atoms with van der Waals surface area (Å²) in [5.41, 5.74) is 1.31. The average Bonchev–Trinajstić information content (AvgIpc) is 2.47. The molecule has 1 unspecified atom stereocenters. The molecule has 0 heterocycles. The van der Waals surface area contributed by atoms with Gasteiger partial charge in [0.1, 0.15) is 5.82 Å². The van der Waals surface area contributed by atoms with Crippen molar-refractivity contribution in [2.24, 2.45) is 0 Å². The van der Waals surface area contributed by atoms with E-state index in [9.17, 15) is 19.1 Å². The second-order valence-electron chi connectivity index (χ2n) is 4.96. The summed E-state index contributed by atoms with van der Waals surface area (Å²) < 4.78 is 13.1. The van der Waals surface area contributed by atoms with Gasteiger partial charge in [0.25, 0.3) is 0 Å². The summed E-state index contributed by atoms with van der Waals surface area (Å²) in [4.78, 5) is 23.2. The lowest BCUT2D eigenvalue weighted by atomic mass is 10.1. The molecule has 5 heteroatoms. The fraction of sp³-hybridized carbons (Fsp3) is 0.176. The average molecular weight is 301 g/mol. The number of Topliss-reactive ketones (excluding diaryl/α,β-unsaturated/α-hetero) is 1. The van der Waals surface area contributed by atoms with Gasteiger partial charge >= 0.3 is 0 Å². The van der Waals surface area contributed by atoms with E-state index >= 15 is 0 Å². The molecule has 0 saturated heterocycles. The molecule has 4 nitrogen and oxygen atoms in total. The number of rotatable bonds is 5. The van der Waals surface area contributed by atoms with E-state index in [4.69, 9.17) is 0 Å². The third-order valence-electron chi connectivity index (χ3n) is 3.17. The number of aliphatic hydroxyl groups is 1. The first-order chi connectivity index (χ1) is 10.5. The zero-order valence-corrected chi connectivity index (χ0v) is 12.0. The van der Waals surface area contributed by atoms with Gasteiger partial charge in [0.15, 0.2) is 5.78 Å². The van der Waals surface area contributed by atoms with Crippen molar-refractivity contribution >= 4 is 17.4 Å². The Bertz CT molecular complexity index is 700. The minimum absolute atomic E-state index is 0.101. The molecule has 2 aromatic rings. The fourth-order valence-electron chi connectivity index (χ4n) is 2.04. The molecule has 0 spiro atoms. The molecule has 2 N–H and O–H groups in total. The van der Waals surface area contributed by atoms with Crippen LogP contribution < -0.4 is 5.32 Å². The minimum Gasteiger partial charge on any atom is -0.388 e. The van der Waals surface area contributed by atoms with Crippen molar-refractivity contribution < 1.29 is 19.1 Å².